The Bertz CT molecular complexity index is 448. The van der Waals surface area contributed by atoms with Crippen LogP contribution in [0.15, 0.2) is 12.4 Å². The van der Waals surface area contributed by atoms with Crippen molar-refractivity contribution in [3.05, 3.63) is 18.2 Å². The standard InChI is InChI=1S/C11H12F6N2O/c1-2-4-19-5-3-18-8(19)6-7(20)9(10(12,13)14)11(15,16)17/h3,5,9H,2,4,6H2,1H3. The molecule has 0 aromatic carbocycles. The van der Waals surface area contributed by atoms with Crippen molar-refractivity contribution in [3.8, 4) is 0 Å². The topological polar surface area (TPSA) is 34.9 Å². The van der Waals surface area contributed by atoms with Gasteiger partial charge in [0.15, 0.2) is 5.78 Å². The second kappa shape index (κ2) is 5.84. The summed E-state index contributed by atoms with van der Waals surface area (Å²) in [6.07, 6.45) is -9.07. The first-order chi connectivity index (χ1) is 9.07. The largest absolute Gasteiger partial charge is 0.407 e. The summed E-state index contributed by atoms with van der Waals surface area (Å²) in [5.74, 6) is -6.02. The molecule has 20 heavy (non-hydrogen) atoms. The van der Waals surface area contributed by atoms with Gasteiger partial charge in [-0.2, -0.15) is 26.3 Å². The zero-order valence-electron chi connectivity index (χ0n) is 10.4. The Morgan fingerprint density at radius 3 is 2.25 bits per heavy atom. The molecule has 1 aromatic rings. The molecule has 0 N–H and O–H groups in total. The van der Waals surface area contributed by atoms with Gasteiger partial charge in [0.1, 0.15) is 5.82 Å². The van der Waals surface area contributed by atoms with Gasteiger partial charge in [-0.3, -0.25) is 4.79 Å². The van der Waals surface area contributed by atoms with E-state index in [1.165, 1.54) is 17.0 Å². The SMILES string of the molecule is CCCn1ccnc1CC(=O)C(C(F)(F)F)C(F)(F)F. The zero-order chi connectivity index (χ0) is 15.6. The van der Waals surface area contributed by atoms with Gasteiger partial charge in [-0.15, -0.1) is 0 Å². The second-order valence-electron chi connectivity index (χ2n) is 4.20. The monoisotopic (exact) mass is 302 g/mol. The lowest BCUT2D eigenvalue weighted by molar-refractivity contribution is -0.273. The summed E-state index contributed by atoms with van der Waals surface area (Å²) in [5, 5.41) is 0. The van der Waals surface area contributed by atoms with E-state index >= 15 is 0 Å². The van der Waals surface area contributed by atoms with Gasteiger partial charge in [0.2, 0.25) is 5.92 Å². The van der Waals surface area contributed by atoms with Crippen LogP contribution in [0.2, 0.25) is 0 Å². The predicted molar refractivity (Wildman–Crippen MR) is 56.8 cm³/mol. The number of rotatable bonds is 5. The molecule has 1 heterocycles. The van der Waals surface area contributed by atoms with Crippen molar-refractivity contribution in [2.24, 2.45) is 5.92 Å². The smallest absolute Gasteiger partial charge is 0.335 e. The summed E-state index contributed by atoms with van der Waals surface area (Å²) >= 11 is 0. The number of carbonyl (C=O) groups is 1. The summed E-state index contributed by atoms with van der Waals surface area (Å²) < 4.78 is 75.6. The normalized spacial score (nSPS) is 13.0. The highest BCUT2D eigenvalue weighted by Gasteiger charge is 2.60. The van der Waals surface area contributed by atoms with Crippen LogP contribution in [-0.2, 0) is 17.8 Å². The van der Waals surface area contributed by atoms with E-state index in [9.17, 15) is 31.1 Å². The Balaban J connectivity index is 2.95. The molecule has 0 saturated heterocycles. The average molecular weight is 302 g/mol. The minimum atomic E-state index is -5.66. The number of hydrogen-bond acceptors (Lipinski definition) is 2. The van der Waals surface area contributed by atoms with Gasteiger partial charge in [-0.25, -0.2) is 4.98 Å². The van der Waals surface area contributed by atoms with E-state index in [2.05, 4.69) is 4.98 Å². The highest BCUT2D eigenvalue weighted by molar-refractivity contribution is 5.84. The molecule has 0 bridgehead atoms. The number of nitrogens with zero attached hydrogens (tertiary/aromatic N) is 2. The molecule has 1 aromatic heterocycles. The van der Waals surface area contributed by atoms with E-state index in [1.807, 2.05) is 0 Å². The van der Waals surface area contributed by atoms with E-state index < -0.39 is 30.5 Å². The Labute approximate surface area is 110 Å². The van der Waals surface area contributed by atoms with Gasteiger partial charge in [0, 0.05) is 18.9 Å². The average Bonchev–Trinajstić information content (AvgIpc) is 2.61. The fourth-order valence-corrected chi connectivity index (χ4v) is 1.76. The summed E-state index contributed by atoms with van der Waals surface area (Å²) in [7, 11) is 0. The number of Topliss-reactive ketones (excluding diaryl/α,β-unsaturated/α-hetero) is 1. The number of aromatic nitrogens is 2. The van der Waals surface area contributed by atoms with Gasteiger partial charge in [-0.1, -0.05) is 6.92 Å². The van der Waals surface area contributed by atoms with Gasteiger partial charge in [0.05, 0.1) is 6.42 Å². The molecule has 0 unspecified atom stereocenters. The van der Waals surface area contributed by atoms with Crippen LogP contribution in [-0.4, -0.2) is 27.7 Å². The van der Waals surface area contributed by atoms with Crippen LogP contribution in [0, 0.1) is 5.92 Å². The number of hydrogen-bond donors (Lipinski definition) is 0. The second-order valence-corrected chi connectivity index (χ2v) is 4.20. The van der Waals surface area contributed by atoms with Crippen molar-refractivity contribution in [1.29, 1.82) is 0 Å². The Kier molecular flexibility index (Phi) is 4.82. The number of carbonyl (C=O) groups excluding carboxylic acids is 1. The van der Waals surface area contributed by atoms with E-state index in [0.29, 0.717) is 13.0 Å². The maximum Gasteiger partial charge on any atom is 0.407 e. The van der Waals surface area contributed by atoms with Crippen LogP contribution in [0.4, 0.5) is 26.3 Å². The van der Waals surface area contributed by atoms with Crippen molar-refractivity contribution in [2.45, 2.75) is 38.7 Å². The summed E-state index contributed by atoms with van der Waals surface area (Å²) in [6.45, 7) is 2.14. The first-order valence-electron chi connectivity index (χ1n) is 5.73. The third-order valence-electron chi connectivity index (χ3n) is 2.58. The Morgan fingerprint density at radius 2 is 1.80 bits per heavy atom. The van der Waals surface area contributed by atoms with Crippen LogP contribution in [0.5, 0.6) is 0 Å². The highest BCUT2D eigenvalue weighted by atomic mass is 19.4. The van der Waals surface area contributed by atoms with Crippen molar-refractivity contribution in [1.82, 2.24) is 9.55 Å². The molecule has 114 valence electrons. The lowest BCUT2D eigenvalue weighted by Gasteiger charge is -2.21. The molecule has 9 heteroatoms. The van der Waals surface area contributed by atoms with E-state index in [-0.39, 0.29) is 5.82 Å². The number of aryl methyl sites for hydroxylation is 1. The molecule has 0 amide bonds. The quantitative estimate of drug-likeness (QED) is 0.783. The summed E-state index contributed by atoms with van der Waals surface area (Å²) in [6, 6.07) is 0. The molecule has 0 spiro atoms. The molecule has 0 saturated carbocycles. The molecule has 1 rings (SSSR count). The first-order valence-corrected chi connectivity index (χ1v) is 5.73. The van der Waals surface area contributed by atoms with E-state index in [1.54, 1.807) is 6.92 Å². The lowest BCUT2D eigenvalue weighted by atomic mass is 10.00. The van der Waals surface area contributed by atoms with Gasteiger partial charge in [-0.05, 0) is 6.42 Å². The fraction of sp³-hybridized carbons (Fsp3) is 0.636. The van der Waals surface area contributed by atoms with Gasteiger partial charge >= 0.3 is 12.4 Å². The summed E-state index contributed by atoms with van der Waals surface area (Å²) in [5.41, 5.74) is 0. The molecular formula is C11H12F6N2O. The lowest BCUT2D eigenvalue weighted by Crippen LogP contribution is -2.43. The maximum atomic E-state index is 12.4. The van der Waals surface area contributed by atoms with Crippen molar-refractivity contribution in [3.63, 3.8) is 0 Å². The third-order valence-corrected chi connectivity index (χ3v) is 2.58. The van der Waals surface area contributed by atoms with E-state index in [4.69, 9.17) is 0 Å². The fourth-order valence-electron chi connectivity index (χ4n) is 1.76. The molecule has 0 atom stereocenters. The van der Waals surface area contributed by atoms with Crippen molar-refractivity contribution in [2.75, 3.05) is 0 Å². The van der Waals surface area contributed by atoms with Gasteiger partial charge < -0.3 is 4.57 Å². The molecular weight excluding hydrogens is 290 g/mol. The number of alkyl halides is 6. The number of ketones is 1. The van der Waals surface area contributed by atoms with Crippen LogP contribution < -0.4 is 0 Å². The Hall–Kier alpha value is -1.54. The summed E-state index contributed by atoms with van der Waals surface area (Å²) in [4.78, 5) is 15.0. The van der Waals surface area contributed by atoms with E-state index in [0.717, 1.165) is 0 Å². The molecule has 0 aliphatic heterocycles. The van der Waals surface area contributed by atoms with Crippen LogP contribution in [0.1, 0.15) is 19.2 Å². The molecule has 0 fully saturated rings. The van der Waals surface area contributed by atoms with Gasteiger partial charge in [0.25, 0.3) is 0 Å². The van der Waals surface area contributed by atoms with Crippen molar-refractivity contribution >= 4 is 5.78 Å². The molecule has 0 aliphatic rings. The Morgan fingerprint density at radius 1 is 1.25 bits per heavy atom. The number of halogens is 6. The minimum absolute atomic E-state index is 0.102. The van der Waals surface area contributed by atoms with Crippen molar-refractivity contribution < 1.29 is 31.1 Å². The molecule has 3 nitrogen and oxygen atoms in total. The molecule has 0 aliphatic carbocycles. The number of imidazole rings is 1. The van der Waals surface area contributed by atoms with Crippen LogP contribution in [0.3, 0.4) is 0 Å². The maximum absolute atomic E-state index is 12.4. The zero-order valence-corrected chi connectivity index (χ0v) is 10.4. The third kappa shape index (κ3) is 3.97. The minimum Gasteiger partial charge on any atom is -0.335 e. The first kappa shape index (κ1) is 16.5. The van der Waals surface area contributed by atoms with Crippen LogP contribution in [0.25, 0.3) is 0 Å². The van der Waals surface area contributed by atoms with Crippen LogP contribution >= 0.6 is 0 Å². The molecule has 0 radical (unpaired) electrons. The predicted octanol–water partition coefficient (Wildman–Crippen LogP) is 3.15. The highest BCUT2D eigenvalue weighted by Crippen LogP contribution is 2.40.